The van der Waals surface area contributed by atoms with Gasteiger partial charge in [0.15, 0.2) is 5.79 Å². The SMILES string of the molecule is O=C(CN1CCCC1CCc1ccccc1)NC1CCC2(CC1)OCCO2. The predicted molar refractivity (Wildman–Crippen MR) is 104 cm³/mol. The van der Waals surface area contributed by atoms with Crippen LogP contribution in [0, 0.1) is 0 Å². The third-order valence-corrected chi connectivity index (χ3v) is 6.38. The lowest BCUT2D eigenvalue weighted by molar-refractivity contribution is -0.180. The van der Waals surface area contributed by atoms with Gasteiger partial charge in [0.05, 0.1) is 19.8 Å². The van der Waals surface area contributed by atoms with Crippen molar-refractivity contribution in [2.24, 2.45) is 0 Å². The van der Waals surface area contributed by atoms with Crippen LogP contribution < -0.4 is 5.32 Å². The Morgan fingerprint density at radius 1 is 1.11 bits per heavy atom. The van der Waals surface area contributed by atoms with Crippen LogP contribution in [-0.4, -0.2) is 55.0 Å². The number of likely N-dealkylation sites (tertiary alicyclic amines) is 1. The summed E-state index contributed by atoms with van der Waals surface area (Å²) in [7, 11) is 0. The molecule has 27 heavy (non-hydrogen) atoms. The Morgan fingerprint density at radius 3 is 2.59 bits per heavy atom. The molecule has 0 aromatic heterocycles. The molecule has 1 amide bonds. The van der Waals surface area contributed by atoms with Gasteiger partial charge in [-0.3, -0.25) is 9.69 Å². The standard InChI is InChI=1S/C22H32N2O3/c25-21(23-19-10-12-22(13-11-19)26-15-16-27-22)17-24-14-4-7-20(24)9-8-18-5-2-1-3-6-18/h1-3,5-6,19-20H,4,7-17H2,(H,23,25). The first-order valence-corrected chi connectivity index (χ1v) is 10.6. The van der Waals surface area contributed by atoms with Gasteiger partial charge in [-0.05, 0) is 50.6 Å². The van der Waals surface area contributed by atoms with Gasteiger partial charge in [0.2, 0.25) is 5.91 Å². The Bertz CT molecular complexity index is 605. The van der Waals surface area contributed by atoms with Crippen LogP contribution in [0.4, 0.5) is 0 Å². The fourth-order valence-electron chi connectivity index (χ4n) is 4.85. The molecule has 1 saturated carbocycles. The Labute approximate surface area is 162 Å². The van der Waals surface area contributed by atoms with E-state index in [4.69, 9.17) is 9.47 Å². The highest BCUT2D eigenvalue weighted by Gasteiger charge is 2.40. The first-order valence-electron chi connectivity index (χ1n) is 10.6. The number of nitrogens with one attached hydrogen (secondary N) is 1. The molecule has 0 radical (unpaired) electrons. The van der Waals surface area contributed by atoms with Crippen molar-refractivity contribution in [1.29, 1.82) is 0 Å². The highest BCUT2D eigenvalue weighted by atomic mass is 16.7. The van der Waals surface area contributed by atoms with Crippen molar-refractivity contribution >= 4 is 5.91 Å². The van der Waals surface area contributed by atoms with Crippen LogP contribution in [0.5, 0.6) is 0 Å². The van der Waals surface area contributed by atoms with Crippen molar-refractivity contribution in [1.82, 2.24) is 10.2 Å². The van der Waals surface area contributed by atoms with Crippen molar-refractivity contribution in [3.05, 3.63) is 35.9 Å². The average Bonchev–Trinajstić information content (AvgIpc) is 3.33. The summed E-state index contributed by atoms with van der Waals surface area (Å²) >= 11 is 0. The summed E-state index contributed by atoms with van der Waals surface area (Å²) in [5.41, 5.74) is 1.39. The minimum atomic E-state index is -0.348. The second-order valence-electron chi connectivity index (χ2n) is 8.24. The molecule has 0 bridgehead atoms. The largest absolute Gasteiger partial charge is 0.352 e. The molecule has 5 nitrogen and oxygen atoms in total. The number of carbonyl (C=O) groups is 1. The van der Waals surface area contributed by atoms with Gasteiger partial charge >= 0.3 is 0 Å². The number of hydrogen-bond acceptors (Lipinski definition) is 4. The van der Waals surface area contributed by atoms with Crippen molar-refractivity contribution in [2.45, 2.75) is 69.2 Å². The van der Waals surface area contributed by atoms with Gasteiger partial charge in [-0.25, -0.2) is 0 Å². The molecule has 4 rings (SSSR count). The van der Waals surface area contributed by atoms with Gasteiger partial charge < -0.3 is 14.8 Å². The molecule has 148 valence electrons. The van der Waals surface area contributed by atoms with Gasteiger partial charge in [0, 0.05) is 24.9 Å². The molecule has 5 heteroatoms. The molecule has 2 aliphatic heterocycles. The van der Waals surface area contributed by atoms with Crippen molar-refractivity contribution < 1.29 is 14.3 Å². The smallest absolute Gasteiger partial charge is 0.234 e. The maximum atomic E-state index is 12.6. The van der Waals surface area contributed by atoms with E-state index in [1.54, 1.807) is 0 Å². The van der Waals surface area contributed by atoms with Crippen LogP contribution in [0.3, 0.4) is 0 Å². The Kier molecular flexibility index (Phi) is 6.11. The molecule has 1 aromatic rings. The van der Waals surface area contributed by atoms with Crippen molar-refractivity contribution in [3.8, 4) is 0 Å². The van der Waals surface area contributed by atoms with E-state index in [2.05, 4.69) is 40.5 Å². The third-order valence-electron chi connectivity index (χ3n) is 6.38. The second kappa shape index (κ2) is 8.72. The van der Waals surface area contributed by atoms with Crippen LogP contribution in [0.1, 0.15) is 50.5 Å². The van der Waals surface area contributed by atoms with E-state index in [1.165, 1.54) is 18.4 Å². The Balaban J connectivity index is 1.20. The number of nitrogens with zero attached hydrogens (tertiary/aromatic N) is 1. The van der Waals surface area contributed by atoms with Gasteiger partial charge in [-0.15, -0.1) is 0 Å². The summed E-state index contributed by atoms with van der Waals surface area (Å²) in [6.45, 7) is 2.99. The van der Waals surface area contributed by atoms with E-state index < -0.39 is 0 Å². The molecule has 2 heterocycles. The first-order chi connectivity index (χ1) is 13.2. The van der Waals surface area contributed by atoms with Crippen molar-refractivity contribution in [3.63, 3.8) is 0 Å². The fourth-order valence-corrected chi connectivity index (χ4v) is 4.85. The molecular formula is C22H32N2O3. The zero-order valence-corrected chi connectivity index (χ0v) is 16.2. The van der Waals surface area contributed by atoms with Gasteiger partial charge in [-0.1, -0.05) is 30.3 Å². The molecule has 3 aliphatic rings. The van der Waals surface area contributed by atoms with E-state index in [-0.39, 0.29) is 17.7 Å². The molecule has 1 atom stereocenters. The maximum Gasteiger partial charge on any atom is 0.234 e. The monoisotopic (exact) mass is 372 g/mol. The van der Waals surface area contributed by atoms with E-state index in [0.29, 0.717) is 25.8 Å². The maximum absolute atomic E-state index is 12.6. The number of benzene rings is 1. The normalized spacial score (nSPS) is 25.9. The molecular weight excluding hydrogens is 340 g/mol. The number of hydrogen-bond donors (Lipinski definition) is 1. The number of ether oxygens (including phenoxy) is 2. The zero-order valence-electron chi connectivity index (χ0n) is 16.2. The minimum absolute atomic E-state index is 0.177. The number of amides is 1. The minimum Gasteiger partial charge on any atom is -0.352 e. The molecule has 1 aliphatic carbocycles. The summed E-state index contributed by atoms with van der Waals surface area (Å²) in [6, 6.07) is 11.5. The summed E-state index contributed by atoms with van der Waals surface area (Å²) in [5, 5.41) is 3.25. The van der Waals surface area contributed by atoms with E-state index in [0.717, 1.165) is 45.1 Å². The molecule has 1 unspecified atom stereocenters. The highest BCUT2D eigenvalue weighted by Crippen LogP contribution is 2.35. The quantitative estimate of drug-likeness (QED) is 0.834. The van der Waals surface area contributed by atoms with Crippen LogP contribution in [0.25, 0.3) is 0 Å². The van der Waals surface area contributed by atoms with E-state index >= 15 is 0 Å². The molecule has 1 aromatic carbocycles. The van der Waals surface area contributed by atoms with Crippen LogP contribution in [-0.2, 0) is 20.7 Å². The summed E-state index contributed by atoms with van der Waals surface area (Å²) in [4.78, 5) is 15.0. The molecule has 1 N–H and O–H groups in total. The average molecular weight is 373 g/mol. The molecule has 3 fully saturated rings. The molecule has 2 saturated heterocycles. The Morgan fingerprint density at radius 2 is 1.85 bits per heavy atom. The summed E-state index contributed by atoms with van der Waals surface area (Å²) in [5.74, 6) is -0.172. The van der Waals surface area contributed by atoms with Crippen molar-refractivity contribution in [2.75, 3.05) is 26.3 Å². The third kappa shape index (κ3) is 4.89. The zero-order chi connectivity index (χ0) is 18.5. The number of aryl methyl sites for hydroxylation is 1. The lowest BCUT2D eigenvalue weighted by Gasteiger charge is -2.36. The van der Waals surface area contributed by atoms with Crippen LogP contribution in [0.15, 0.2) is 30.3 Å². The Hall–Kier alpha value is -1.43. The highest BCUT2D eigenvalue weighted by molar-refractivity contribution is 5.78. The van der Waals surface area contributed by atoms with Gasteiger partial charge in [0.25, 0.3) is 0 Å². The van der Waals surface area contributed by atoms with Crippen LogP contribution >= 0.6 is 0 Å². The van der Waals surface area contributed by atoms with Gasteiger partial charge in [-0.2, -0.15) is 0 Å². The number of rotatable bonds is 6. The summed E-state index contributed by atoms with van der Waals surface area (Å²) in [6.07, 6.45) is 8.31. The van der Waals surface area contributed by atoms with E-state index in [9.17, 15) is 4.79 Å². The lowest BCUT2D eigenvalue weighted by Crippen LogP contribution is -2.47. The summed E-state index contributed by atoms with van der Waals surface area (Å²) < 4.78 is 11.6. The first kappa shape index (κ1) is 18.9. The second-order valence-corrected chi connectivity index (χ2v) is 8.24. The topological polar surface area (TPSA) is 50.8 Å². The number of carbonyl (C=O) groups excluding carboxylic acids is 1. The fraction of sp³-hybridized carbons (Fsp3) is 0.682. The lowest BCUT2D eigenvalue weighted by atomic mass is 9.90. The predicted octanol–water partition coefficient (Wildman–Crippen LogP) is 2.89. The molecule has 1 spiro atoms. The van der Waals surface area contributed by atoms with E-state index in [1.807, 2.05) is 0 Å². The van der Waals surface area contributed by atoms with Gasteiger partial charge in [0.1, 0.15) is 0 Å². The van der Waals surface area contributed by atoms with Crippen LogP contribution in [0.2, 0.25) is 0 Å².